The number of fused-ring (bicyclic) bond motifs is 1. The molecular formula is C27H38N2O4. The number of hydrogen-bond donors (Lipinski definition) is 2. The van der Waals surface area contributed by atoms with Gasteiger partial charge < -0.3 is 19.6 Å². The topological polar surface area (TPSA) is 74.8 Å². The number of aryl methyl sites for hydroxylation is 1. The zero-order valence-electron chi connectivity index (χ0n) is 20.6. The number of ether oxygens (including phenoxy) is 2. The third-order valence-electron chi connectivity index (χ3n) is 5.67. The molecule has 180 valence electrons. The summed E-state index contributed by atoms with van der Waals surface area (Å²) in [5, 5.41) is 9.67. The summed E-state index contributed by atoms with van der Waals surface area (Å²) in [7, 11) is 1.76. The van der Waals surface area contributed by atoms with Gasteiger partial charge in [0.25, 0.3) is 0 Å². The summed E-state index contributed by atoms with van der Waals surface area (Å²) in [6, 6.07) is 12.6. The maximum atomic E-state index is 10.2. The molecule has 6 heteroatoms. The highest BCUT2D eigenvalue weighted by molar-refractivity contribution is 5.88. The molecule has 1 aliphatic heterocycles. The summed E-state index contributed by atoms with van der Waals surface area (Å²) in [5.41, 5.74) is 4.08. The Labute approximate surface area is 197 Å². The lowest BCUT2D eigenvalue weighted by molar-refractivity contribution is 0.0125. The fraction of sp³-hybridized carbons (Fsp3) is 0.444. The van der Waals surface area contributed by atoms with Crippen molar-refractivity contribution >= 4 is 16.9 Å². The van der Waals surface area contributed by atoms with Gasteiger partial charge in [-0.2, -0.15) is 0 Å². The lowest BCUT2D eigenvalue weighted by Gasteiger charge is -2.32. The second-order valence-electron chi connectivity index (χ2n) is 7.74. The van der Waals surface area contributed by atoms with Crippen LogP contribution in [0.5, 0.6) is 5.75 Å². The molecule has 1 aliphatic rings. The fourth-order valence-corrected chi connectivity index (χ4v) is 4.06. The number of benzene rings is 2. The predicted molar refractivity (Wildman–Crippen MR) is 134 cm³/mol. The number of hydrogen-bond acceptors (Lipinski definition) is 4. The molecule has 33 heavy (non-hydrogen) atoms. The number of carboxylic acids is 1. The summed E-state index contributed by atoms with van der Waals surface area (Å²) in [4.78, 5) is 16.1. The Kier molecular flexibility index (Phi) is 10.9. The number of carboxylic acid groups (broad SMARTS) is 1. The van der Waals surface area contributed by atoms with Crippen molar-refractivity contribution in [3.8, 4) is 5.75 Å². The number of piperidine rings is 1. The van der Waals surface area contributed by atoms with Crippen LogP contribution in [0.4, 0.5) is 0 Å². The van der Waals surface area contributed by atoms with Crippen molar-refractivity contribution < 1.29 is 19.4 Å². The van der Waals surface area contributed by atoms with Crippen molar-refractivity contribution in [1.82, 2.24) is 9.88 Å². The van der Waals surface area contributed by atoms with Crippen LogP contribution in [0, 0.1) is 6.92 Å². The Morgan fingerprint density at radius 2 is 1.82 bits per heavy atom. The second kappa shape index (κ2) is 13.7. The van der Waals surface area contributed by atoms with Crippen LogP contribution in [-0.2, 0) is 11.3 Å². The van der Waals surface area contributed by atoms with Crippen molar-refractivity contribution in [1.29, 1.82) is 0 Å². The summed E-state index contributed by atoms with van der Waals surface area (Å²) >= 11 is 0. The molecule has 2 heterocycles. The van der Waals surface area contributed by atoms with Gasteiger partial charge in [0.05, 0.1) is 18.8 Å². The Hall–Kier alpha value is -2.83. The number of likely N-dealkylation sites (tertiary alicyclic amines) is 1. The Balaban J connectivity index is 0.000000293. The first-order chi connectivity index (χ1) is 16.0. The van der Waals surface area contributed by atoms with Crippen LogP contribution in [0.25, 0.3) is 10.9 Å². The number of aromatic carboxylic acids is 1. The minimum Gasteiger partial charge on any atom is -0.496 e. The average Bonchev–Trinajstić information content (AvgIpc) is 3.35. The Morgan fingerprint density at radius 3 is 2.36 bits per heavy atom. The highest BCUT2D eigenvalue weighted by Gasteiger charge is 2.21. The molecule has 0 radical (unpaired) electrons. The quantitative estimate of drug-likeness (QED) is 0.485. The van der Waals surface area contributed by atoms with Gasteiger partial charge in [-0.1, -0.05) is 32.0 Å². The van der Waals surface area contributed by atoms with Crippen LogP contribution < -0.4 is 4.74 Å². The number of H-pyrrole nitrogens is 1. The molecule has 0 bridgehead atoms. The van der Waals surface area contributed by atoms with Crippen LogP contribution in [0.2, 0.25) is 0 Å². The van der Waals surface area contributed by atoms with E-state index in [9.17, 15) is 4.79 Å². The predicted octanol–water partition coefficient (Wildman–Crippen LogP) is 5.90. The van der Waals surface area contributed by atoms with E-state index in [-0.39, 0.29) is 0 Å². The molecule has 0 amide bonds. The number of methoxy groups -OCH3 is 1. The molecule has 0 saturated carbocycles. The number of nitrogens with zero attached hydrogens (tertiary/aromatic N) is 1. The van der Waals surface area contributed by atoms with E-state index >= 15 is 0 Å². The largest absolute Gasteiger partial charge is 0.496 e. The zero-order chi connectivity index (χ0) is 24.2. The molecule has 3 aromatic rings. The molecular weight excluding hydrogens is 416 g/mol. The van der Waals surface area contributed by atoms with E-state index < -0.39 is 5.97 Å². The van der Waals surface area contributed by atoms with Crippen LogP contribution in [-0.4, -0.2) is 53.9 Å². The molecule has 2 N–H and O–H groups in total. The molecule has 0 aliphatic carbocycles. The first-order valence-corrected chi connectivity index (χ1v) is 11.8. The van der Waals surface area contributed by atoms with Crippen LogP contribution in [0.3, 0.4) is 0 Å². The van der Waals surface area contributed by atoms with Gasteiger partial charge in [0.15, 0.2) is 0 Å². The Bertz CT molecular complexity index is 976. The Morgan fingerprint density at radius 1 is 1.15 bits per heavy atom. The van der Waals surface area contributed by atoms with E-state index in [1.165, 1.54) is 22.0 Å². The van der Waals surface area contributed by atoms with E-state index in [2.05, 4.69) is 35.9 Å². The number of carbonyl (C=O) groups is 1. The van der Waals surface area contributed by atoms with Gasteiger partial charge in [-0.25, -0.2) is 4.79 Å². The molecule has 6 nitrogen and oxygen atoms in total. The molecule has 0 spiro atoms. The van der Waals surface area contributed by atoms with Gasteiger partial charge >= 0.3 is 5.97 Å². The normalized spacial score (nSPS) is 14.1. The monoisotopic (exact) mass is 454 g/mol. The van der Waals surface area contributed by atoms with E-state index in [1.54, 1.807) is 37.4 Å². The molecule has 0 atom stereocenters. The van der Waals surface area contributed by atoms with Gasteiger partial charge in [0.2, 0.25) is 0 Å². The fourth-order valence-electron chi connectivity index (χ4n) is 4.06. The first-order valence-electron chi connectivity index (χ1n) is 11.8. The van der Waals surface area contributed by atoms with E-state index in [0.717, 1.165) is 44.8 Å². The van der Waals surface area contributed by atoms with Crippen molar-refractivity contribution in [2.24, 2.45) is 0 Å². The first kappa shape index (κ1) is 26.4. The standard InChI is InChI=1S/C18H26N2O2.C7H6O2.C2H6/c1-4-22-14-6-9-20(10-7-14)12-16-15-5-8-19-18(15)13(2)11-17(16)21-3;8-7(9)6-4-2-1-3-5-6;1-2/h5,8,11,14,19H,4,6-7,9-10,12H2,1-3H3;1-5H,(H,8,9);1-2H3. The second-order valence-corrected chi connectivity index (χ2v) is 7.74. The summed E-state index contributed by atoms with van der Waals surface area (Å²) < 4.78 is 11.4. The van der Waals surface area contributed by atoms with E-state index in [4.69, 9.17) is 14.6 Å². The lowest BCUT2D eigenvalue weighted by Crippen LogP contribution is -2.36. The maximum absolute atomic E-state index is 10.2. The van der Waals surface area contributed by atoms with Gasteiger partial charge in [0.1, 0.15) is 5.75 Å². The van der Waals surface area contributed by atoms with Crippen molar-refractivity contribution in [3.05, 3.63) is 65.4 Å². The van der Waals surface area contributed by atoms with Gasteiger partial charge in [-0.05, 0) is 56.5 Å². The minimum atomic E-state index is -0.879. The minimum absolute atomic E-state index is 0.331. The molecule has 1 fully saturated rings. The average molecular weight is 455 g/mol. The lowest BCUT2D eigenvalue weighted by atomic mass is 10.0. The van der Waals surface area contributed by atoms with Crippen LogP contribution in [0.15, 0.2) is 48.7 Å². The summed E-state index contributed by atoms with van der Waals surface area (Å²) in [6.45, 7) is 12.1. The number of aromatic nitrogens is 1. The number of aromatic amines is 1. The molecule has 0 unspecified atom stereocenters. The molecule has 4 rings (SSSR count). The highest BCUT2D eigenvalue weighted by Crippen LogP contribution is 2.32. The van der Waals surface area contributed by atoms with Gasteiger partial charge in [0, 0.05) is 48.9 Å². The smallest absolute Gasteiger partial charge is 0.335 e. The summed E-state index contributed by atoms with van der Waals surface area (Å²) in [6.07, 6.45) is 4.70. The molecule has 2 aromatic carbocycles. The van der Waals surface area contributed by atoms with Gasteiger partial charge in [-0.3, -0.25) is 4.90 Å². The van der Waals surface area contributed by atoms with Crippen molar-refractivity contribution in [2.45, 2.75) is 53.2 Å². The third kappa shape index (κ3) is 7.34. The number of rotatable bonds is 6. The van der Waals surface area contributed by atoms with E-state index in [0.29, 0.717) is 11.7 Å². The maximum Gasteiger partial charge on any atom is 0.335 e. The zero-order valence-corrected chi connectivity index (χ0v) is 20.6. The van der Waals surface area contributed by atoms with Gasteiger partial charge in [-0.15, -0.1) is 0 Å². The van der Waals surface area contributed by atoms with Crippen molar-refractivity contribution in [3.63, 3.8) is 0 Å². The highest BCUT2D eigenvalue weighted by atomic mass is 16.5. The van der Waals surface area contributed by atoms with E-state index in [1.807, 2.05) is 20.0 Å². The van der Waals surface area contributed by atoms with Crippen LogP contribution in [0.1, 0.15) is 55.1 Å². The van der Waals surface area contributed by atoms with Crippen molar-refractivity contribution in [2.75, 3.05) is 26.8 Å². The SMILES string of the molecule is CC.CCOC1CCN(Cc2c(OC)cc(C)c3[nH]ccc23)CC1.O=C(O)c1ccccc1. The third-order valence-corrected chi connectivity index (χ3v) is 5.67. The molecule has 1 saturated heterocycles. The van der Waals surface area contributed by atoms with Crippen LogP contribution >= 0.6 is 0 Å². The number of nitrogens with one attached hydrogen (secondary N) is 1. The molecule has 1 aromatic heterocycles. The summed E-state index contributed by atoms with van der Waals surface area (Å²) in [5.74, 6) is 0.118.